The highest BCUT2D eigenvalue weighted by Crippen LogP contribution is 2.26. The van der Waals surface area contributed by atoms with Crippen LogP contribution in [-0.4, -0.2) is 64.9 Å². The van der Waals surface area contributed by atoms with E-state index in [1.165, 1.54) is 0 Å². The van der Waals surface area contributed by atoms with E-state index in [4.69, 9.17) is 0 Å². The molecular weight excluding hydrogens is 404 g/mol. The second-order valence-corrected chi connectivity index (χ2v) is 10.2. The summed E-state index contributed by atoms with van der Waals surface area (Å²) in [6.45, 7) is 9.87. The highest BCUT2D eigenvalue weighted by atomic mass is 16.2. The van der Waals surface area contributed by atoms with Crippen LogP contribution in [0.5, 0.6) is 0 Å². The van der Waals surface area contributed by atoms with Crippen molar-refractivity contribution < 1.29 is 14.4 Å². The predicted octanol–water partition coefficient (Wildman–Crippen LogP) is 3.41. The van der Waals surface area contributed by atoms with Crippen molar-refractivity contribution in [3.05, 3.63) is 35.9 Å². The van der Waals surface area contributed by atoms with Gasteiger partial charge in [0, 0.05) is 36.8 Å². The van der Waals surface area contributed by atoms with Crippen LogP contribution in [0.15, 0.2) is 30.3 Å². The average molecular weight is 443 g/mol. The number of benzene rings is 1. The Hall–Kier alpha value is -2.57. The lowest BCUT2D eigenvalue weighted by Gasteiger charge is -2.41. The highest BCUT2D eigenvalue weighted by Gasteiger charge is 2.38. The molecule has 2 heterocycles. The summed E-state index contributed by atoms with van der Waals surface area (Å²) in [6.07, 6.45) is 4.50. The van der Waals surface area contributed by atoms with Crippen molar-refractivity contribution in [3.8, 4) is 0 Å². The van der Waals surface area contributed by atoms with Gasteiger partial charge in [0.1, 0.15) is 6.04 Å². The number of carbonyl (C=O) groups excluding carboxylic acids is 3. The Morgan fingerprint density at radius 2 is 1.62 bits per heavy atom. The molecule has 0 radical (unpaired) electrons. The Morgan fingerprint density at radius 3 is 2.22 bits per heavy atom. The van der Waals surface area contributed by atoms with Gasteiger partial charge in [-0.3, -0.25) is 9.59 Å². The molecule has 0 aromatic heterocycles. The van der Waals surface area contributed by atoms with Gasteiger partial charge in [-0.2, -0.15) is 0 Å². The maximum atomic E-state index is 13.6. The molecule has 2 aliphatic heterocycles. The third-order valence-corrected chi connectivity index (χ3v) is 6.45. The van der Waals surface area contributed by atoms with E-state index >= 15 is 0 Å². The second kappa shape index (κ2) is 10.4. The fourth-order valence-corrected chi connectivity index (χ4v) is 4.64. The Bertz CT molecular complexity index is 797. The summed E-state index contributed by atoms with van der Waals surface area (Å²) < 4.78 is 0. The van der Waals surface area contributed by atoms with Gasteiger partial charge in [-0.25, -0.2) is 4.79 Å². The van der Waals surface area contributed by atoms with Crippen molar-refractivity contribution in [3.63, 3.8) is 0 Å². The third kappa shape index (κ3) is 6.24. The molecule has 0 spiro atoms. The van der Waals surface area contributed by atoms with Gasteiger partial charge < -0.3 is 20.4 Å². The minimum absolute atomic E-state index is 0.00276. The normalized spacial score (nSPS) is 21.1. The van der Waals surface area contributed by atoms with Gasteiger partial charge in [0.2, 0.25) is 5.91 Å². The standard InChI is InChI=1S/C25H38N4O3/c1-18-10-8-9-15-29(18)23(31)21(26-22(30)20-11-6-5-7-12-20)19-13-16-28(17-14-19)24(32)27-25(2,3)4/h5-7,11-12,18-19,21H,8-10,13-17H2,1-4H3,(H,26,30)(H,27,32)/t18-,21+/m0/s1. The van der Waals surface area contributed by atoms with E-state index in [1.807, 2.05) is 48.8 Å². The first-order valence-electron chi connectivity index (χ1n) is 11.9. The number of rotatable bonds is 4. The van der Waals surface area contributed by atoms with E-state index in [2.05, 4.69) is 17.6 Å². The number of nitrogens with zero attached hydrogens (tertiary/aromatic N) is 2. The maximum Gasteiger partial charge on any atom is 0.317 e. The molecule has 0 saturated carbocycles. The van der Waals surface area contributed by atoms with Crippen molar-refractivity contribution >= 4 is 17.8 Å². The molecule has 0 bridgehead atoms. The van der Waals surface area contributed by atoms with Crippen LogP contribution in [-0.2, 0) is 4.79 Å². The van der Waals surface area contributed by atoms with Crippen molar-refractivity contribution in [2.75, 3.05) is 19.6 Å². The van der Waals surface area contributed by atoms with Crippen molar-refractivity contribution in [2.24, 2.45) is 5.92 Å². The summed E-state index contributed by atoms with van der Waals surface area (Å²) in [4.78, 5) is 42.8. The summed E-state index contributed by atoms with van der Waals surface area (Å²) >= 11 is 0. The van der Waals surface area contributed by atoms with Crippen molar-refractivity contribution in [2.45, 2.75) is 77.4 Å². The molecule has 3 rings (SSSR count). The molecule has 32 heavy (non-hydrogen) atoms. The SMILES string of the molecule is C[C@H]1CCCCN1C(=O)[C@H](NC(=O)c1ccccc1)C1CCN(C(=O)NC(C)(C)C)CC1. The number of hydrogen-bond donors (Lipinski definition) is 2. The molecule has 2 fully saturated rings. The molecule has 1 aromatic rings. The highest BCUT2D eigenvalue weighted by molar-refractivity contribution is 5.97. The average Bonchev–Trinajstić information content (AvgIpc) is 2.77. The van der Waals surface area contributed by atoms with Crippen LogP contribution in [0, 0.1) is 5.92 Å². The fourth-order valence-electron chi connectivity index (χ4n) is 4.64. The van der Waals surface area contributed by atoms with E-state index in [0.717, 1.165) is 25.8 Å². The van der Waals surface area contributed by atoms with Gasteiger partial charge >= 0.3 is 6.03 Å². The van der Waals surface area contributed by atoms with Crippen LogP contribution in [0.1, 0.15) is 70.2 Å². The molecule has 2 N–H and O–H groups in total. The van der Waals surface area contributed by atoms with Gasteiger partial charge in [0.15, 0.2) is 0 Å². The molecule has 2 atom stereocenters. The van der Waals surface area contributed by atoms with Gasteiger partial charge in [-0.15, -0.1) is 0 Å². The van der Waals surface area contributed by atoms with E-state index in [0.29, 0.717) is 31.5 Å². The second-order valence-electron chi connectivity index (χ2n) is 10.2. The number of hydrogen-bond acceptors (Lipinski definition) is 3. The quantitative estimate of drug-likeness (QED) is 0.750. The first-order chi connectivity index (χ1) is 15.2. The number of likely N-dealkylation sites (tertiary alicyclic amines) is 2. The van der Waals surface area contributed by atoms with Crippen molar-refractivity contribution in [1.82, 2.24) is 20.4 Å². The fraction of sp³-hybridized carbons (Fsp3) is 0.640. The Kier molecular flexibility index (Phi) is 7.80. The number of nitrogens with one attached hydrogen (secondary N) is 2. The van der Waals surface area contributed by atoms with Gasteiger partial charge in [0.05, 0.1) is 0 Å². The minimum Gasteiger partial charge on any atom is -0.340 e. The molecular formula is C25H38N4O3. The zero-order valence-electron chi connectivity index (χ0n) is 19.9. The molecule has 176 valence electrons. The number of amides is 4. The number of piperidine rings is 2. The Morgan fingerprint density at radius 1 is 0.969 bits per heavy atom. The monoisotopic (exact) mass is 442 g/mol. The Labute approximate surface area is 191 Å². The largest absolute Gasteiger partial charge is 0.340 e. The minimum atomic E-state index is -0.573. The first kappa shape index (κ1) is 24.1. The predicted molar refractivity (Wildman–Crippen MR) is 125 cm³/mol. The van der Waals surface area contributed by atoms with E-state index in [1.54, 1.807) is 12.1 Å². The lowest BCUT2D eigenvalue weighted by atomic mass is 9.87. The molecule has 0 unspecified atom stereocenters. The zero-order chi connectivity index (χ0) is 23.3. The summed E-state index contributed by atoms with van der Waals surface area (Å²) in [6, 6.07) is 8.58. The molecule has 7 heteroatoms. The lowest BCUT2D eigenvalue weighted by Crippen LogP contribution is -2.58. The van der Waals surface area contributed by atoms with E-state index in [9.17, 15) is 14.4 Å². The molecule has 2 saturated heterocycles. The summed E-state index contributed by atoms with van der Waals surface area (Å²) in [7, 11) is 0. The lowest BCUT2D eigenvalue weighted by molar-refractivity contribution is -0.138. The van der Waals surface area contributed by atoms with Gasteiger partial charge in [-0.05, 0) is 77.8 Å². The van der Waals surface area contributed by atoms with Crippen LogP contribution in [0.3, 0.4) is 0 Å². The topological polar surface area (TPSA) is 81.8 Å². The van der Waals surface area contributed by atoms with E-state index in [-0.39, 0.29) is 35.3 Å². The first-order valence-corrected chi connectivity index (χ1v) is 11.9. The van der Waals surface area contributed by atoms with Crippen molar-refractivity contribution in [1.29, 1.82) is 0 Å². The molecule has 1 aromatic carbocycles. The summed E-state index contributed by atoms with van der Waals surface area (Å²) in [5, 5.41) is 6.06. The van der Waals surface area contributed by atoms with Crippen LogP contribution < -0.4 is 10.6 Å². The van der Waals surface area contributed by atoms with Crippen LogP contribution >= 0.6 is 0 Å². The van der Waals surface area contributed by atoms with E-state index < -0.39 is 6.04 Å². The molecule has 4 amide bonds. The third-order valence-electron chi connectivity index (χ3n) is 6.45. The van der Waals surface area contributed by atoms with Crippen LogP contribution in [0.2, 0.25) is 0 Å². The number of urea groups is 1. The summed E-state index contributed by atoms with van der Waals surface area (Å²) in [5.74, 6) is -0.205. The van der Waals surface area contributed by atoms with Crippen LogP contribution in [0.25, 0.3) is 0 Å². The number of carbonyl (C=O) groups is 3. The molecule has 0 aliphatic carbocycles. The van der Waals surface area contributed by atoms with Crippen LogP contribution in [0.4, 0.5) is 4.79 Å². The smallest absolute Gasteiger partial charge is 0.317 e. The summed E-state index contributed by atoms with van der Waals surface area (Å²) in [5.41, 5.74) is 0.263. The maximum absolute atomic E-state index is 13.6. The molecule has 7 nitrogen and oxygen atoms in total. The Balaban J connectivity index is 1.72. The van der Waals surface area contributed by atoms with Gasteiger partial charge in [-0.1, -0.05) is 18.2 Å². The van der Waals surface area contributed by atoms with Gasteiger partial charge in [0.25, 0.3) is 5.91 Å². The zero-order valence-corrected chi connectivity index (χ0v) is 19.9. The molecule has 2 aliphatic rings.